The molecule has 0 radical (unpaired) electrons. The number of rotatable bonds is 2. The van der Waals surface area contributed by atoms with Gasteiger partial charge in [0, 0.05) is 0 Å². The number of nitrogens with one attached hydrogen (secondary N) is 1. The summed E-state index contributed by atoms with van der Waals surface area (Å²) >= 11 is 0. The van der Waals surface area contributed by atoms with Gasteiger partial charge in [0.25, 0.3) is 0 Å². The second-order valence-corrected chi connectivity index (χ2v) is 5.08. The maximum Gasteiger partial charge on any atom is 0.246 e. The van der Waals surface area contributed by atoms with Crippen LogP contribution in [0.3, 0.4) is 0 Å². The minimum absolute atomic E-state index is 0.0574. The van der Waals surface area contributed by atoms with E-state index in [1.165, 1.54) is 4.90 Å². The molecular formula is C16H14N2O3. The van der Waals surface area contributed by atoms with Gasteiger partial charge in [0.05, 0.1) is 6.42 Å². The number of benzene rings is 2. The van der Waals surface area contributed by atoms with E-state index in [4.69, 9.17) is 0 Å². The number of amides is 3. The lowest BCUT2D eigenvalue weighted by Crippen LogP contribution is -2.53. The fourth-order valence-electron chi connectivity index (χ4n) is 2.45. The van der Waals surface area contributed by atoms with Crippen molar-refractivity contribution < 1.29 is 14.4 Å². The number of imide groups is 1. The van der Waals surface area contributed by atoms with Crippen molar-refractivity contribution in [3.8, 4) is 0 Å². The van der Waals surface area contributed by atoms with E-state index in [0.717, 1.165) is 16.3 Å². The predicted molar refractivity (Wildman–Crippen MR) is 77.4 cm³/mol. The number of hydrogen-bond donors (Lipinski definition) is 1. The van der Waals surface area contributed by atoms with Crippen molar-refractivity contribution in [2.24, 2.45) is 0 Å². The third-order valence-corrected chi connectivity index (χ3v) is 3.47. The van der Waals surface area contributed by atoms with Crippen LogP contribution in [0.25, 0.3) is 10.8 Å². The van der Waals surface area contributed by atoms with Gasteiger partial charge in [-0.1, -0.05) is 42.5 Å². The van der Waals surface area contributed by atoms with Crippen LogP contribution in [0.1, 0.15) is 5.56 Å². The molecule has 0 atom stereocenters. The zero-order valence-corrected chi connectivity index (χ0v) is 11.3. The van der Waals surface area contributed by atoms with E-state index in [1.807, 2.05) is 42.5 Å². The van der Waals surface area contributed by atoms with Crippen LogP contribution in [0.15, 0.2) is 42.5 Å². The molecule has 5 nitrogen and oxygen atoms in total. The normalized spacial score (nSPS) is 15.1. The van der Waals surface area contributed by atoms with Crippen molar-refractivity contribution in [3.05, 3.63) is 48.0 Å². The van der Waals surface area contributed by atoms with Gasteiger partial charge in [-0.2, -0.15) is 0 Å². The Morgan fingerprint density at radius 1 is 1.00 bits per heavy atom. The van der Waals surface area contributed by atoms with E-state index in [-0.39, 0.29) is 25.4 Å². The van der Waals surface area contributed by atoms with Crippen LogP contribution >= 0.6 is 0 Å². The lowest BCUT2D eigenvalue weighted by atomic mass is 10.0. The molecule has 0 saturated carbocycles. The van der Waals surface area contributed by atoms with Crippen LogP contribution in [0.4, 0.5) is 0 Å². The first-order chi connectivity index (χ1) is 10.1. The molecular weight excluding hydrogens is 268 g/mol. The number of hydrogen-bond acceptors (Lipinski definition) is 3. The van der Waals surface area contributed by atoms with Crippen molar-refractivity contribution in [1.29, 1.82) is 0 Å². The maximum absolute atomic E-state index is 12.2. The summed E-state index contributed by atoms with van der Waals surface area (Å²) in [4.78, 5) is 36.1. The first-order valence-electron chi connectivity index (χ1n) is 6.70. The second-order valence-electron chi connectivity index (χ2n) is 5.08. The third kappa shape index (κ3) is 2.91. The van der Waals surface area contributed by atoms with E-state index in [0.29, 0.717) is 0 Å². The molecule has 2 aromatic carbocycles. The van der Waals surface area contributed by atoms with Gasteiger partial charge in [-0.3, -0.25) is 19.7 Å². The molecule has 0 spiro atoms. The summed E-state index contributed by atoms with van der Waals surface area (Å²) < 4.78 is 0. The Morgan fingerprint density at radius 2 is 1.67 bits per heavy atom. The molecule has 1 fully saturated rings. The summed E-state index contributed by atoms with van der Waals surface area (Å²) in [6, 6.07) is 13.7. The molecule has 1 aliphatic rings. The van der Waals surface area contributed by atoms with Crippen LogP contribution in [-0.4, -0.2) is 35.7 Å². The SMILES string of the molecule is O=C1CN(C(=O)Cc2ccc3ccccc3c2)CC(=O)N1. The molecule has 0 bridgehead atoms. The lowest BCUT2D eigenvalue weighted by molar-refractivity contribution is -0.145. The summed E-state index contributed by atoms with van der Waals surface area (Å²) in [6.07, 6.45) is 0.186. The minimum atomic E-state index is -0.432. The molecule has 1 saturated heterocycles. The molecule has 106 valence electrons. The van der Waals surface area contributed by atoms with Crippen molar-refractivity contribution in [1.82, 2.24) is 10.2 Å². The van der Waals surface area contributed by atoms with Crippen LogP contribution < -0.4 is 5.32 Å². The lowest BCUT2D eigenvalue weighted by Gasteiger charge is -2.25. The quantitative estimate of drug-likeness (QED) is 0.831. The Morgan fingerprint density at radius 3 is 2.38 bits per heavy atom. The van der Waals surface area contributed by atoms with Gasteiger partial charge in [-0.25, -0.2) is 0 Å². The maximum atomic E-state index is 12.2. The van der Waals surface area contributed by atoms with E-state index < -0.39 is 11.8 Å². The minimum Gasteiger partial charge on any atom is -0.324 e. The number of piperazine rings is 1. The fourth-order valence-corrected chi connectivity index (χ4v) is 2.45. The average molecular weight is 282 g/mol. The van der Waals surface area contributed by atoms with Crippen molar-refractivity contribution in [2.45, 2.75) is 6.42 Å². The number of nitrogens with zero attached hydrogens (tertiary/aromatic N) is 1. The molecule has 1 heterocycles. The topological polar surface area (TPSA) is 66.5 Å². The van der Waals surface area contributed by atoms with Gasteiger partial charge in [-0.05, 0) is 16.3 Å². The molecule has 3 rings (SSSR count). The Hall–Kier alpha value is -2.69. The van der Waals surface area contributed by atoms with Gasteiger partial charge in [0.2, 0.25) is 17.7 Å². The molecule has 1 aliphatic heterocycles. The summed E-state index contributed by atoms with van der Waals surface area (Å²) in [6.45, 7) is -0.115. The third-order valence-electron chi connectivity index (χ3n) is 3.47. The number of carbonyl (C=O) groups is 3. The fraction of sp³-hybridized carbons (Fsp3) is 0.188. The zero-order chi connectivity index (χ0) is 14.8. The Kier molecular flexibility index (Phi) is 3.39. The van der Waals surface area contributed by atoms with E-state index >= 15 is 0 Å². The van der Waals surface area contributed by atoms with Gasteiger partial charge >= 0.3 is 0 Å². The highest BCUT2D eigenvalue weighted by Gasteiger charge is 2.26. The predicted octanol–water partition coefficient (Wildman–Crippen LogP) is 0.867. The Balaban J connectivity index is 1.76. The molecule has 5 heteroatoms. The van der Waals surface area contributed by atoms with Crippen molar-refractivity contribution in [3.63, 3.8) is 0 Å². The van der Waals surface area contributed by atoms with Crippen LogP contribution in [-0.2, 0) is 20.8 Å². The molecule has 2 aromatic rings. The molecule has 3 amide bonds. The summed E-state index contributed by atoms with van der Waals surface area (Å²) in [7, 11) is 0. The van der Waals surface area contributed by atoms with Crippen molar-refractivity contribution >= 4 is 28.5 Å². The first-order valence-corrected chi connectivity index (χ1v) is 6.70. The zero-order valence-electron chi connectivity index (χ0n) is 11.3. The summed E-state index contributed by atoms with van der Waals surface area (Å²) in [5.74, 6) is -1.08. The van der Waals surface area contributed by atoms with Crippen LogP contribution in [0, 0.1) is 0 Å². The molecule has 1 N–H and O–H groups in total. The van der Waals surface area contributed by atoms with Gasteiger partial charge in [0.15, 0.2) is 0 Å². The van der Waals surface area contributed by atoms with Crippen LogP contribution in [0.5, 0.6) is 0 Å². The van der Waals surface area contributed by atoms with E-state index in [1.54, 1.807) is 0 Å². The van der Waals surface area contributed by atoms with Crippen molar-refractivity contribution in [2.75, 3.05) is 13.1 Å². The van der Waals surface area contributed by atoms with E-state index in [9.17, 15) is 14.4 Å². The molecule has 21 heavy (non-hydrogen) atoms. The van der Waals surface area contributed by atoms with Crippen LogP contribution in [0.2, 0.25) is 0 Å². The van der Waals surface area contributed by atoms with Gasteiger partial charge in [-0.15, -0.1) is 0 Å². The highest BCUT2D eigenvalue weighted by Crippen LogP contribution is 2.16. The Bertz CT molecular complexity index is 723. The summed E-state index contributed by atoms with van der Waals surface area (Å²) in [5, 5.41) is 4.36. The highest BCUT2D eigenvalue weighted by molar-refractivity contribution is 6.02. The Labute approximate surface area is 121 Å². The smallest absolute Gasteiger partial charge is 0.246 e. The molecule has 0 aromatic heterocycles. The molecule has 0 aliphatic carbocycles. The molecule has 0 unspecified atom stereocenters. The second kappa shape index (κ2) is 5.36. The average Bonchev–Trinajstić information content (AvgIpc) is 2.46. The standard InChI is InChI=1S/C16H14N2O3/c19-14-9-18(10-15(20)17-14)16(21)8-11-5-6-12-3-1-2-4-13(12)7-11/h1-7H,8-10H2,(H,17,19,20). The van der Waals surface area contributed by atoms with E-state index in [2.05, 4.69) is 5.32 Å². The number of fused-ring (bicyclic) bond motifs is 1. The van der Waals surface area contributed by atoms with Gasteiger partial charge < -0.3 is 4.90 Å². The van der Waals surface area contributed by atoms with Gasteiger partial charge in [0.1, 0.15) is 13.1 Å². The first kappa shape index (κ1) is 13.3. The monoisotopic (exact) mass is 282 g/mol. The number of carbonyl (C=O) groups excluding carboxylic acids is 3. The summed E-state index contributed by atoms with van der Waals surface area (Å²) in [5.41, 5.74) is 0.872. The largest absolute Gasteiger partial charge is 0.324 e. The highest BCUT2D eigenvalue weighted by atomic mass is 16.2.